The van der Waals surface area contributed by atoms with Crippen LogP contribution >= 0.6 is 0 Å². The highest BCUT2D eigenvalue weighted by Crippen LogP contribution is 2.32. The smallest absolute Gasteiger partial charge is 0.0672 e. The van der Waals surface area contributed by atoms with E-state index in [0.717, 1.165) is 18.3 Å². The van der Waals surface area contributed by atoms with Crippen LogP contribution in [0, 0.1) is 29.1 Å². The zero-order chi connectivity index (χ0) is 11.5. The van der Waals surface area contributed by atoms with Crippen LogP contribution in [0.4, 0.5) is 0 Å². The van der Waals surface area contributed by atoms with Crippen LogP contribution in [0.3, 0.4) is 0 Å². The molecule has 2 rings (SSSR count). The second kappa shape index (κ2) is 5.19. The third kappa shape index (κ3) is 2.40. The highest BCUT2D eigenvalue weighted by atomic mass is 15.0. The average molecular weight is 220 g/mol. The molecule has 2 nitrogen and oxygen atoms in total. The first-order valence-electron chi connectivity index (χ1n) is 6.88. The molecule has 16 heavy (non-hydrogen) atoms. The van der Waals surface area contributed by atoms with Crippen molar-refractivity contribution in [1.82, 2.24) is 5.32 Å². The van der Waals surface area contributed by atoms with Crippen LogP contribution in [0.2, 0.25) is 0 Å². The van der Waals surface area contributed by atoms with Gasteiger partial charge >= 0.3 is 0 Å². The third-order valence-corrected chi connectivity index (χ3v) is 4.82. The summed E-state index contributed by atoms with van der Waals surface area (Å²) < 4.78 is 0. The lowest BCUT2D eigenvalue weighted by Crippen LogP contribution is -2.46. The Morgan fingerprint density at radius 3 is 2.44 bits per heavy atom. The predicted molar refractivity (Wildman–Crippen MR) is 65.8 cm³/mol. The Kier molecular flexibility index (Phi) is 3.86. The van der Waals surface area contributed by atoms with E-state index >= 15 is 0 Å². The molecule has 0 aliphatic heterocycles. The van der Waals surface area contributed by atoms with Gasteiger partial charge in [0, 0.05) is 12.1 Å². The molecule has 0 aromatic heterocycles. The van der Waals surface area contributed by atoms with Crippen LogP contribution in [-0.2, 0) is 0 Å². The second-order valence-electron chi connectivity index (χ2n) is 5.81. The monoisotopic (exact) mass is 220 g/mol. The zero-order valence-corrected chi connectivity index (χ0v) is 10.6. The quantitative estimate of drug-likeness (QED) is 0.776. The van der Waals surface area contributed by atoms with Crippen molar-refractivity contribution in [3.8, 4) is 6.07 Å². The molecule has 2 heteroatoms. The molecule has 0 saturated heterocycles. The Balaban J connectivity index is 1.91. The minimum Gasteiger partial charge on any atom is -0.310 e. The van der Waals surface area contributed by atoms with Crippen molar-refractivity contribution in [2.45, 2.75) is 64.5 Å². The Labute approximate surface area is 99.4 Å². The lowest BCUT2D eigenvalue weighted by molar-refractivity contribution is 0.189. The number of hydrogen-bond donors (Lipinski definition) is 1. The fourth-order valence-electron chi connectivity index (χ4n) is 3.41. The minimum absolute atomic E-state index is 0.268. The van der Waals surface area contributed by atoms with Gasteiger partial charge in [-0.05, 0) is 31.1 Å². The molecule has 2 saturated carbocycles. The van der Waals surface area contributed by atoms with E-state index < -0.39 is 0 Å². The number of nitrogens with one attached hydrogen (secondary N) is 1. The van der Waals surface area contributed by atoms with Gasteiger partial charge in [0.1, 0.15) is 0 Å². The molecule has 0 amide bonds. The van der Waals surface area contributed by atoms with Crippen LogP contribution in [-0.4, -0.2) is 12.1 Å². The highest BCUT2D eigenvalue weighted by Gasteiger charge is 2.33. The fraction of sp³-hybridized carbons (Fsp3) is 0.929. The molecule has 2 aliphatic carbocycles. The van der Waals surface area contributed by atoms with Crippen molar-refractivity contribution in [1.29, 1.82) is 5.26 Å². The van der Waals surface area contributed by atoms with E-state index in [4.69, 9.17) is 5.26 Å². The SMILES string of the molecule is CC1CCCC(NC2CCCC2C#N)C1C. The van der Waals surface area contributed by atoms with E-state index in [-0.39, 0.29) is 5.92 Å². The second-order valence-corrected chi connectivity index (χ2v) is 5.81. The molecule has 2 fully saturated rings. The topological polar surface area (TPSA) is 35.8 Å². The Bertz CT molecular complexity index is 268. The van der Waals surface area contributed by atoms with E-state index in [1.165, 1.54) is 32.1 Å². The van der Waals surface area contributed by atoms with Crippen LogP contribution < -0.4 is 5.32 Å². The summed E-state index contributed by atoms with van der Waals surface area (Å²) in [5.74, 6) is 1.88. The zero-order valence-electron chi connectivity index (χ0n) is 10.6. The van der Waals surface area contributed by atoms with Crippen molar-refractivity contribution in [3.05, 3.63) is 0 Å². The van der Waals surface area contributed by atoms with Crippen LogP contribution in [0.25, 0.3) is 0 Å². The van der Waals surface area contributed by atoms with E-state index in [2.05, 4.69) is 25.2 Å². The van der Waals surface area contributed by atoms with Gasteiger partial charge in [-0.1, -0.05) is 33.1 Å². The minimum atomic E-state index is 0.268. The van der Waals surface area contributed by atoms with Crippen molar-refractivity contribution in [2.24, 2.45) is 17.8 Å². The summed E-state index contributed by atoms with van der Waals surface area (Å²) in [6.45, 7) is 4.74. The molecule has 0 bridgehead atoms. The Hall–Kier alpha value is -0.550. The molecule has 5 unspecified atom stereocenters. The van der Waals surface area contributed by atoms with Crippen LogP contribution in [0.15, 0.2) is 0 Å². The molecule has 0 heterocycles. The number of hydrogen-bond acceptors (Lipinski definition) is 2. The van der Waals surface area contributed by atoms with Gasteiger partial charge in [-0.3, -0.25) is 0 Å². The van der Waals surface area contributed by atoms with E-state index in [1.807, 2.05) is 0 Å². The van der Waals surface area contributed by atoms with Gasteiger partial charge in [0.05, 0.1) is 12.0 Å². The summed E-state index contributed by atoms with van der Waals surface area (Å²) in [4.78, 5) is 0. The summed E-state index contributed by atoms with van der Waals surface area (Å²) in [5, 5.41) is 12.9. The van der Waals surface area contributed by atoms with Gasteiger partial charge in [-0.25, -0.2) is 0 Å². The summed E-state index contributed by atoms with van der Waals surface area (Å²) in [7, 11) is 0. The van der Waals surface area contributed by atoms with Crippen molar-refractivity contribution in [2.75, 3.05) is 0 Å². The standard InChI is InChI=1S/C14H24N2/c1-10-5-3-7-13(11(10)2)16-14-8-4-6-12(14)9-15/h10-14,16H,3-8H2,1-2H3. The Morgan fingerprint density at radius 1 is 1.00 bits per heavy atom. The molecular formula is C14H24N2. The first kappa shape index (κ1) is 11.9. The maximum absolute atomic E-state index is 9.09. The van der Waals surface area contributed by atoms with Gasteiger partial charge in [-0.2, -0.15) is 5.26 Å². The first-order valence-corrected chi connectivity index (χ1v) is 6.88. The first-order chi connectivity index (χ1) is 7.72. The predicted octanol–water partition coefficient (Wildman–Crippen LogP) is 3.09. The summed E-state index contributed by atoms with van der Waals surface area (Å²) in [5.41, 5.74) is 0. The third-order valence-electron chi connectivity index (χ3n) is 4.82. The highest BCUT2D eigenvalue weighted by molar-refractivity contribution is 4.98. The average Bonchev–Trinajstić information content (AvgIpc) is 2.72. The van der Waals surface area contributed by atoms with E-state index in [9.17, 15) is 0 Å². The molecule has 2 aliphatic rings. The largest absolute Gasteiger partial charge is 0.310 e. The van der Waals surface area contributed by atoms with E-state index in [0.29, 0.717) is 12.1 Å². The molecule has 90 valence electrons. The van der Waals surface area contributed by atoms with Crippen molar-refractivity contribution < 1.29 is 0 Å². The molecular weight excluding hydrogens is 196 g/mol. The van der Waals surface area contributed by atoms with Crippen molar-refractivity contribution in [3.63, 3.8) is 0 Å². The number of nitrogens with zero attached hydrogens (tertiary/aromatic N) is 1. The molecule has 1 N–H and O–H groups in total. The molecule has 5 atom stereocenters. The van der Waals surface area contributed by atoms with Gasteiger partial charge in [0.25, 0.3) is 0 Å². The number of nitriles is 1. The number of rotatable bonds is 2. The van der Waals surface area contributed by atoms with Crippen LogP contribution in [0.1, 0.15) is 52.4 Å². The van der Waals surface area contributed by atoms with Gasteiger partial charge < -0.3 is 5.32 Å². The van der Waals surface area contributed by atoms with Crippen LogP contribution in [0.5, 0.6) is 0 Å². The van der Waals surface area contributed by atoms with Gasteiger partial charge in [0.15, 0.2) is 0 Å². The summed E-state index contributed by atoms with van der Waals surface area (Å²) in [6.07, 6.45) is 7.58. The Morgan fingerprint density at radius 2 is 1.69 bits per heavy atom. The molecule has 0 aromatic rings. The van der Waals surface area contributed by atoms with Gasteiger partial charge in [-0.15, -0.1) is 0 Å². The summed E-state index contributed by atoms with van der Waals surface area (Å²) >= 11 is 0. The maximum atomic E-state index is 9.09. The molecule has 0 radical (unpaired) electrons. The molecule has 0 spiro atoms. The lowest BCUT2D eigenvalue weighted by atomic mass is 9.77. The van der Waals surface area contributed by atoms with E-state index in [1.54, 1.807) is 0 Å². The van der Waals surface area contributed by atoms with Gasteiger partial charge in [0.2, 0.25) is 0 Å². The molecule has 0 aromatic carbocycles. The van der Waals surface area contributed by atoms with Crippen molar-refractivity contribution >= 4 is 0 Å². The fourth-order valence-corrected chi connectivity index (χ4v) is 3.41. The summed E-state index contributed by atoms with van der Waals surface area (Å²) in [6, 6.07) is 3.60. The normalized spacial score (nSPS) is 44.2. The maximum Gasteiger partial charge on any atom is 0.0672 e. The lowest BCUT2D eigenvalue weighted by Gasteiger charge is -2.37.